The van der Waals surface area contributed by atoms with E-state index in [9.17, 15) is 4.79 Å². The molecule has 0 fully saturated rings. The first kappa shape index (κ1) is 11.3. The first-order valence-corrected chi connectivity index (χ1v) is 6.00. The predicted molar refractivity (Wildman–Crippen MR) is 70.4 cm³/mol. The zero-order chi connectivity index (χ0) is 11.5. The molecule has 0 atom stereocenters. The third kappa shape index (κ3) is 2.49. The van der Waals surface area contributed by atoms with E-state index in [4.69, 9.17) is 0 Å². The first-order valence-electron chi connectivity index (χ1n) is 4.92. The van der Waals surface area contributed by atoms with Gasteiger partial charge >= 0.3 is 0 Å². The summed E-state index contributed by atoms with van der Waals surface area (Å²) in [6.45, 7) is 0. The van der Waals surface area contributed by atoms with Crippen LogP contribution in [0.3, 0.4) is 0 Å². The Bertz CT molecular complexity index is 502. The Balaban J connectivity index is 2.14. The van der Waals surface area contributed by atoms with Gasteiger partial charge in [-0.3, -0.25) is 9.48 Å². The van der Waals surface area contributed by atoms with Gasteiger partial charge in [-0.1, -0.05) is 12.1 Å². The average molecular weight is 326 g/mol. The molecule has 0 radical (unpaired) electrons. The molecule has 82 valence electrons. The molecule has 0 saturated heterocycles. The number of carbonyl (C=O) groups is 1. The lowest BCUT2D eigenvalue weighted by atomic mass is 10.1. The summed E-state index contributed by atoms with van der Waals surface area (Å²) in [7, 11) is 1.78. The lowest BCUT2D eigenvalue weighted by molar-refractivity contribution is 0.0984. The quantitative estimate of drug-likeness (QED) is 0.641. The van der Waals surface area contributed by atoms with E-state index in [0.717, 1.165) is 5.56 Å². The van der Waals surface area contributed by atoms with Crippen molar-refractivity contribution in [1.82, 2.24) is 9.78 Å². The van der Waals surface area contributed by atoms with E-state index in [2.05, 4.69) is 27.7 Å². The van der Waals surface area contributed by atoms with Crippen LogP contribution in [0, 0.1) is 3.57 Å². The van der Waals surface area contributed by atoms with Crippen LogP contribution in [0.25, 0.3) is 0 Å². The van der Waals surface area contributed by atoms with E-state index in [0.29, 0.717) is 12.1 Å². The zero-order valence-electron chi connectivity index (χ0n) is 8.85. The summed E-state index contributed by atoms with van der Waals surface area (Å²) in [5, 5.41) is 3.99. The summed E-state index contributed by atoms with van der Waals surface area (Å²) >= 11 is 2.25. The lowest BCUT2D eigenvalue weighted by Gasteiger charge is -2.02. The molecule has 2 aromatic rings. The van der Waals surface area contributed by atoms with Gasteiger partial charge in [-0.25, -0.2) is 0 Å². The molecule has 1 aromatic heterocycles. The van der Waals surface area contributed by atoms with Gasteiger partial charge in [0.05, 0.1) is 0 Å². The van der Waals surface area contributed by atoms with E-state index < -0.39 is 0 Å². The number of benzene rings is 1. The Morgan fingerprint density at radius 2 is 2.00 bits per heavy atom. The second-order valence-corrected chi connectivity index (χ2v) is 4.81. The number of hydrogen-bond acceptors (Lipinski definition) is 2. The summed E-state index contributed by atoms with van der Waals surface area (Å²) < 4.78 is 2.78. The van der Waals surface area contributed by atoms with E-state index in [1.807, 2.05) is 24.3 Å². The van der Waals surface area contributed by atoms with Crippen molar-refractivity contribution in [1.29, 1.82) is 0 Å². The maximum absolute atomic E-state index is 11.9. The first-order chi connectivity index (χ1) is 7.66. The number of halogens is 1. The van der Waals surface area contributed by atoms with Gasteiger partial charge in [-0.2, -0.15) is 5.10 Å². The fourth-order valence-corrected chi connectivity index (χ4v) is 1.89. The molecule has 0 amide bonds. The molecule has 0 aliphatic heterocycles. The van der Waals surface area contributed by atoms with E-state index >= 15 is 0 Å². The molecule has 0 unspecified atom stereocenters. The number of carbonyl (C=O) groups excluding carboxylic acids is 1. The second kappa shape index (κ2) is 4.78. The summed E-state index contributed by atoms with van der Waals surface area (Å²) in [6.07, 6.45) is 2.07. The molecule has 1 heterocycles. The van der Waals surface area contributed by atoms with Crippen molar-refractivity contribution in [2.24, 2.45) is 7.05 Å². The average Bonchev–Trinajstić information content (AvgIpc) is 2.68. The molecule has 0 N–H and O–H groups in total. The van der Waals surface area contributed by atoms with Crippen LogP contribution in [-0.4, -0.2) is 15.6 Å². The topological polar surface area (TPSA) is 34.9 Å². The van der Waals surface area contributed by atoms with Crippen molar-refractivity contribution in [3.63, 3.8) is 0 Å². The maximum atomic E-state index is 11.9. The highest BCUT2D eigenvalue weighted by atomic mass is 127. The highest BCUT2D eigenvalue weighted by molar-refractivity contribution is 14.1. The molecule has 0 aliphatic rings. The van der Waals surface area contributed by atoms with Crippen LogP contribution in [0.1, 0.15) is 16.1 Å². The Morgan fingerprint density at radius 3 is 2.56 bits per heavy atom. The largest absolute Gasteiger partial charge is 0.292 e. The highest BCUT2D eigenvalue weighted by Crippen LogP contribution is 2.10. The van der Waals surface area contributed by atoms with Crippen molar-refractivity contribution in [2.45, 2.75) is 6.42 Å². The van der Waals surface area contributed by atoms with Gasteiger partial charge in [0.1, 0.15) is 5.69 Å². The van der Waals surface area contributed by atoms with Crippen LogP contribution in [-0.2, 0) is 13.5 Å². The second-order valence-electron chi connectivity index (χ2n) is 3.57. The number of nitrogens with zero attached hydrogens (tertiary/aromatic N) is 2. The Morgan fingerprint density at radius 1 is 1.31 bits per heavy atom. The molecule has 0 bridgehead atoms. The van der Waals surface area contributed by atoms with Crippen molar-refractivity contribution in [3.8, 4) is 0 Å². The standard InChI is InChI=1S/C12H11IN2O/c1-15-11(6-7-14-15)12(16)8-9-2-4-10(13)5-3-9/h2-7H,8H2,1H3. The Labute approximate surface area is 108 Å². The number of Topliss-reactive ketones (excluding diaryl/α,β-unsaturated/α-hetero) is 1. The van der Waals surface area contributed by atoms with Crippen molar-refractivity contribution in [3.05, 3.63) is 51.4 Å². The molecular weight excluding hydrogens is 315 g/mol. The van der Waals surface area contributed by atoms with Gasteiger partial charge in [0.2, 0.25) is 0 Å². The van der Waals surface area contributed by atoms with Gasteiger partial charge in [0, 0.05) is 23.2 Å². The molecule has 0 aliphatic carbocycles. The number of hydrogen-bond donors (Lipinski definition) is 0. The van der Waals surface area contributed by atoms with Gasteiger partial charge in [-0.15, -0.1) is 0 Å². The minimum atomic E-state index is 0.0983. The molecule has 4 heteroatoms. The minimum absolute atomic E-state index is 0.0983. The number of rotatable bonds is 3. The summed E-state index contributed by atoms with van der Waals surface area (Å²) in [4.78, 5) is 11.9. The SMILES string of the molecule is Cn1nccc1C(=O)Cc1ccc(I)cc1. The Hall–Kier alpha value is -1.17. The van der Waals surface area contributed by atoms with Crippen LogP contribution in [0.2, 0.25) is 0 Å². The third-order valence-electron chi connectivity index (χ3n) is 2.38. The fraction of sp³-hybridized carbons (Fsp3) is 0.167. The predicted octanol–water partition coefficient (Wildman–Crippen LogP) is 2.45. The van der Waals surface area contributed by atoms with Crippen molar-refractivity contribution < 1.29 is 4.79 Å². The van der Waals surface area contributed by atoms with Crippen LogP contribution in [0.15, 0.2) is 36.5 Å². The third-order valence-corrected chi connectivity index (χ3v) is 3.10. The van der Waals surface area contributed by atoms with Gasteiger partial charge < -0.3 is 0 Å². The summed E-state index contributed by atoms with van der Waals surface area (Å²) in [5.74, 6) is 0.0983. The number of aromatic nitrogens is 2. The zero-order valence-corrected chi connectivity index (χ0v) is 11.0. The van der Waals surface area contributed by atoms with E-state index in [1.165, 1.54) is 3.57 Å². The summed E-state index contributed by atoms with van der Waals surface area (Å²) in [5.41, 5.74) is 1.69. The van der Waals surface area contributed by atoms with Crippen molar-refractivity contribution in [2.75, 3.05) is 0 Å². The molecular formula is C12H11IN2O. The normalized spacial score (nSPS) is 10.4. The van der Waals surface area contributed by atoms with Crippen LogP contribution >= 0.6 is 22.6 Å². The molecule has 0 saturated carbocycles. The lowest BCUT2D eigenvalue weighted by Crippen LogP contribution is -2.09. The fourth-order valence-electron chi connectivity index (χ4n) is 1.53. The molecule has 1 aromatic carbocycles. The van der Waals surface area contributed by atoms with Gasteiger partial charge in [0.25, 0.3) is 0 Å². The van der Waals surface area contributed by atoms with Crippen LogP contribution in [0.4, 0.5) is 0 Å². The Kier molecular flexibility index (Phi) is 3.38. The highest BCUT2D eigenvalue weighted by Gasteiger charge is 2.10. The molecule has 3 nitrogen and oxygen atoms in total. The monoisotopic (exact) mass is 326 g/mol. The van der Waals surface area contributed by atoms with Gasteiger partial charge in [-0.05, 0) is 46.4 Å². The molecule has 0 spiro atoms. The van der Waals surface area contributed by atoms with Crippen molar-refractivity contribution >= 4 is 28.4 Å². The van der Waals surface area contributed by atoms with Crippen LogP contribution < -0.4 is 0 Å². The smallest absolute Gasteiger partial charge is 0.185 e. The summed E-state index contributed by atoms with van der Waals surface area (Å²) in [6, 6.07) is 9.72. The molecule has 16 heavy (non-hydrogen) atoms. The number of aryl methyl sites for hydroxylation is 1. The minimum Gasteiger partial charge on any atom is -0.292 e. The van der Waals surface area contributed by atoms with Gasteiger partial charge in [0.15, 0.2) is 5.78 Å². The molecule has 2 rings (SSSR count). The maximum Gasteiger partial charge on any atom is 0.185 e. The van der Waals surface area contributed by atoms with E-state index in [1.54, 1.807) is 24.0 Å². The number of ketones is 1. The van der Waals surface area contributed by atoms with E-state index in [-0.39, 0.29) is 5.78 Å². The van der Waals surface area contributed by atoms with Crippen LogP contribution in [0.5, 0.6) is 0 Å².